The van der Waals surface area contributed by atoms with Crippen molar-refractivity contribution in [1.29, 1.82) is 0 Å². The van der Waals surface area contributed by atoms with E-state index < -0.39 is 12.7 Å². The Morgan fingerprint density at radius 1 is 1.10 bits per heavy atom. The van der Waals surface area contributed by atoms with E-state index in [1.165, 1.54) is 4.57 Å². The lowest BCUT2D eigenvalue weighted by molar-refractivity contribution is -0.139. The molecule has 0 amide bonds. The van der Waals surface area contributed by atoms with Gasteiger partial charge in [-0.1, -0.05) is 0 Å². The summed E-state index contributed by atoms with van der Waals surface area (Å²) in [5.41, 5.74) is 0.547. The van der Waals surface area contributed by atoms with Crippen molar-refractivity contribution in [3.63, 3.8) is 0 Å². The van der Waals surface area contributed by atoms with Crippen LogP contribution in [-0.2, 0) is 16.0 Å². The highest BCUT2D eigenvalue weighted by atomic mass is 19.4. The third-order valence-electron chi connectivity index (χ3n) is 5.86. The molecule has 6 nitrogen and oxygen atoms in total. The molecule has 0 saturated carbocycles. The van der Waals surface area contributed by atoms with E-state index in [-0.39, 0.29) is 6.10 Å². The number of benzene rings is 1. The van der Waals surface area contributed by atoms with Gasteiger partial charge in [-0.25, -0.2) is 0 Å². The predicted molar refractivity (Wildman–Crippen MR) is 113 cm³/mol. The van der Waals surface area contributed by atoms with Crippen molar-refractivity contribution in [3.8, 4) is 5.75 Å². The van der Waals surface area contributed by atoms with Gasteiger partial charge in [0.15, 0.2) is 0 Å². The summed E-state index contributed by atoms with van der Waals surface area (Å²) in [6.07, 6.45) is -4.33. The Hall–Kier alpha value is -1.97. The van der Waals surface area contributed by atoms with Crippen molar-refractivity contribution in [3.05, 3.63) is 24.3 Å². The van der Waals surface area contributed by atoms with E-state index in [1.807, 2.05) is 17.0 Å². The number of alkyl halides is 3. The number of anilines is 1. The quantitative estimate of drug-likeness (QED) is 0.686. The minimum absolute atomic E-state index is 0.0226. The Kier molecular flexibility index (Phi) is 6.64. The van der Waals surface area contributed by atoms with Gasteiger partial charge in [0.2, 0.25) is 0 Å². The topological polar surface area (TPSA) is 39.1 Å². The van der Waals surface area contributed by atoms with Gasteiger partial charge in [0, 0.05) is 37.6 Å². The second-order valence-electron chi connectivity index (χ2n) is 8.42. The molecule has 172 valence electrons. The summed E-state index contributed by atoms with van der Waals surface area (Å²) in [4.78, 5) is 4.30. The first-order chi connectivity index (χ1) is 14.8. The first kappa shape index (κ1) is 22.2. The third-order valence-corrected chi connectivity index (χ3v) is 5.86. The molecule has 0 bridgehead atoms. The number of ether oxygens (including phenoxy) is 3. The molecule has 1 unspecified atom stereocenters. The number of hydrogen-bond acceptors (Lipinski definition) is 5. The Balaban J connectivity index is 1.53. The maximum absolute atomic E-state index is 13.3. The summed E-state index contributed by atoms with van der Waals surface area (Å²) >= 11 is 0. The molecule has 9 heteroatoms. The lowest BCUT2D eigenvalue weighted by Crippen LogP contribution is -2.47. The number of nitrogens with zero attached hydrogens (tertiary/aromatic N) is 3. The molecule has 4 rings (SSSR count). The number of hydrogen-bond donors (Lipinski definition) is 0. The molecule has 1 aromatic heterocycles. The average molecular weight is 441 g/mol. The molecule has 1 atom stereocenters. The molecular formula is C22H30F3N3O3. The van der Waals surface area contributed by atoms with E-state index in [4.69, 9.17) is 14.2 Å². The summed E-state index contributed by atoms with van der Waals surface area (Å²) < 4.78 is 58.3. The summed E-state index contributed by atoms with van der Waals surface area (Å²) in [5, 5.41) is 0.733. The molecule has 2 aliphatic rings. The molecule has 0 spiro atoms. The summed E-state index contributed by atoms with van der Waals surface area (Å²) in [7, 11) is 0. The molecule has 2 aliphatic heterocycles. The van der Waals surface area contributed by atoms with Gasteiger partial charge >= 0.3 is 6.18 Å². The maximum atomic E-state index is 13.3. The van der Waals surface area contributed by atoms with Crippen LogP contribution in [0.25, 0.3) is 10.9 Å². The largest absolute Gasteiger partial charge is 0.491 e. The van der Waals surface area contributed by atoms with Crippen molar-refractivity contribution in [1.82, 2.24) is 9.47 Å². The van der Waals surface area contributed by atoms with Crippen molar-refractivity contribution in [2.45, 2.75) is 38.7 Å². The van der Waals surface area contributed by atoms with Crippen LogP contribution >= 0.6 is 0 Å². The van der Waals surface area contributed by atoms with Crippen LogP contribution in [0.5, 0.6) is 5.75 Å². The van der Waals surface area contributed by atoms with Gasteiger partial charge < -0.3 is 23.7 Å². The average Bonchev–Trinajstić information content (AvgIpc) is 3.09. The van der Waals surface area contributed by atoms with Crippen molar-refractivity contribution >= 4 is 16.7 Å². The van der Waals surface area contributed by atoms with E-state index in [0.717, 1.165) is 18.5 Å². The molecule has 0 N–H and O–H groups in total. The Morgan fingerprint density at radius 2 is 1.87 bits per heavy atom. The molecule has 0 radical (unpaired) electrons. The van der Waals surface area contributed by atoms with E-state index in [1.54, 1.807) is 12.1 Å². The number of halogens is 3. The molecule has 2 aromatic rings. The molecule has 1 aromatic carbocycles. The van der Waals surface area contributed by atoms with Gasteiger partial charge in [0.05, 0.1) is 25.3 Å². The number of morpholine rings is 2. The molecule has 2 fully saturated rings. The van der Waals surface area contributed by atoms with Crippen molar-refractivity contribution < 1.29 is 27.4 Å². The van der Waals surface area contributed by atoms with Crippen LogP contribution in [0, 0.1) is 0 Å². The van der Waals surface area contributed by atoms with Gasteiger partial charge in [-0.05, 0) is 38.1 Å². The fraction of sp³-hybridized carbons (Fsp3) is 0.636. The molecule has 2 saturated heterocycles. The Labute approximate surface area is 180 Å². The van der Waals surface area contributed by atoms with Crippen LogP contribution in [-0.4, -0.2) is 80.4 Å². The lowest BCUT2D eigenvalue weighted by atomic mass is 10.2. The summed E-state index contributed by atoms with van der Waals surface area (Å²) in [5.74, 6) is 1.20. The van der Waals surface area contributed by atoms with Crippen LogP contribution in [0.2, 0.25) is 0 Å². The highest BCUT2D eigenvalue weighted by molar-refractivity contribution is 5.86. The van der Waals surface area contributed by atoms with Crippen LogP contribution in [0.3, 0.4) is 0 Å². The standard InChI is InChI=1S/C22H30F3N3O3/c1-16(2)27-7-10-30-19(13-27)14-31-18-3-4-20-17(11-18)12-21(26-5-8-29-9-6-26)28(20)15-22(23,24)25/h3-4,11-12,16,19H,5-10,13-15H2,1-2H3. The third kappa shape index (κ3) is 5.45. The number of aromatic nitrogens is 1. The van der Waals surface area contributed by atoms with Gasteiger partial charge in [0.25, 0.3) is 0 Å². The van der Waals surface area contributed by atoms with Crippen molar-refractivity contribution in [2.24, 2.45) is 0 Å². The lowest BCUT2D eigenvalue weighted by Gasteiger charge is -2.35. The second kappa shape index (κ2) is 9.26. The fourth-order valence-electron chi connectivity index (χ4n) is 4.23. The Bertz CT molecular complexity index is 878. The fourth-order valence-corrected chi connectivity index (χ4v) is 4.23. The van der Waals surface area contributed by atoms with Gasteiger partial charge in [-0.2, -0.15) is 13.2 Å². The van der Waals surface area contributed by atoms with E-state index in [0.29, 0.717) is 62.6 Å². The number of rotatable bonds is 6. The monoisotopic (exact) mass is 441 g/mol. The highest BCUT2D eigenvalue weighted by Gasteiger charge is 2.31. The zero-order valence-electron chi connectivity index (χ0n) is 18.0. The maximum Gasteiger partial charge on any atom is 0.406 e. The van der Waals surface area contributed by atoms with Crippen LogP contribution < -0.4 is 9.64 Å². The Morgan fingerprint density at radius 3 is 2.58 bits per heavy atom. The van der Waals surface area contributed by atoms with Crippen molar-refractivity contribution in [2.75, 3.05) is 57.5 Å². The molecule has 3 heterocycles. The first-order valence-electron chi connectivity index (χ1n) is 10.8. The zero-order chi connectivity index (χ0) is 22.0. The van der Waals surface area contributed by atoms with Crippen LogP contribution in [0.1, 0.15) is 13.8 Å². The summed E-state index contributed by atoms with van der Waals surface area (Å²) in [6.45, 7) is 8.27. The molecule has 0 aliphatic carbocycles. The van der Waals surface area contributed by atoms with Gasteiger partial charge in [-0.3, -0.25) is 4.90 Å². The molecule has 31 heavy (non-hydrogen) atoms. The molecular weight excluding hydrogens is 411 g/mol. The first-order valence-corrected chi connectivity index (χ1v) is 10.8. The second-order valence-corrected chi connectivity index (χ2v) is 8.42. The van der Waals surface area contributed by atoms with Gasteiger partial charge in [-0.15, -0.1) is 0 Å². The van der Waals surface area contributed by atoms with Gasteiger partial charge in [0.1, 0.15) is 30.8 Å². The highest BCUT2D eigenvalue weighted by Crippen LogP contribution is 2.33. The van der Waals surface area contributed by atoms with Crippen LogP contribution in [0.15, 0.2) is 24.3 Å². The van der Waals surface area contributed by atoms with E-state index in [2.05, 4.69) is 18.7 Å². The van der Waals surface area contributed by atoms with E-state index >= 15 is 0 Å². The zero-order valence-corrected chi connectivity index (χ0v) is 18.0. The minimum atomic E-state index is -4.30. The minimum Gasteiger partial charge on any atom is -0.491 e. The van der Waals surface area contributed by atoms with E-state index in [9.17, 15) is 13.2 Å². The van der Waals surface area contributed by atoms with Crippen LogP contribution in [0.4, 0.5) is 19.0 Å². The summed E-state index contributed by atoms with van der Waals surface area (Å²) in [6, 6.07) is 7.53. The smallest absolute Gasteiger partial charge is 0.406 e. The normalized spacial score (nSPS) is 21.2. The number of fused-ring (bicyclic) bond motifs is 1. The SMILES string of the molecule is CC(C)N1CCOC(COc2ccc3c(c2)cc(N2CCOCC2)n3CC(F)(F)F)C1. The predicted octanol–water partition coefficient (Wildman–Crippen LogP) is 3.53.